The van der Waals surface area contributed by atoms with Gasteiger partial charge in [-0.1, -0.05) is 6.92 Å². The molecule has 3 rings (SSSR count). The first kappa shape index (κ1) is 24.7. The summed E-state index contributed by atoms with van der Waals surface area (Å²) in [4.78, 5) is 23.3. The monoisotopic (exact) mass is 477 g/mol. The molecular weight excluding hydrogens is 446 g/mol. The molecular formula is C22H31N5O5S. The summed E-state index contributed by atoms with van der Waals surface area (Å²) in [7, 11) is -4.23. The second-order valence-corrected chi connectivity index (χ2v) is 10.0. The fourth-order valence-electron chi connectivity index (χ4n) is 3.71. The minimum Gasteiger partial charge on any atom is -0.475 e. The largest absolute Gasteiger partial charge is 0.475 e. The number of carbonyl (C=O) groups is 1. The van der Waals surface area contributed by atoms with Gasteiger partial charge in [-0.3, -0.25) is 4.79 Å². The van der Waals surface area contributed by atoms with Crippen LogP contribution in [0.15, 0.2) is 35.4 Å². The van der Waals surface area contributed by atoms with E-state index in [2.05, 4.69) is 35.5 Å². The minimum atomic E-state index is -4.23. The van der Waals surface area contributed by atoms with Crippen LogP contribution in [0.1, 0.15) is 44.5 Å². The van der Waals surface area contributed by atoms with Gasteiger partial charge in [0.25, 0.3) is 15.9 Å². The molecule has 0 aromatic carbocycles. The number of carbonyl (C=O) groups excluding carboxylic acids is 1. The highest BCUT2D eigenvalue weighted by Crippen LogP contribution is 2.39. The third-order valence-corrected chi connectivity index (χ3v) is 7.41. The van der Waals surface area contributed by atoms with Crippen molar-refractivity contribution in [3.8, 4) is 5.88 Å². The smallest absolute Gasteiger partial charge is 0.268 e. The van der Waals surface area contributed by atoms with Crippen molar-refractivity contribution in [1.29, 1.82) is 0 Å². The lowest BCUT2D eigenvalue weighted by Crippen LogP contribution is -2.43. The highest BCUT2D eigenvalue weighted by Gasteiger charge is 2.41. The van der Waals surface area contributed by atoms with Crippen LogP contribution in [0, 0.1) is 5.92 Å². The molecule has 33 heavy (non-hydrogen) atoms. The van der Waals surface area contributed by atoms with Gasteiger partial charge in [0, 0.05) is 31.0 Å². The van der Waals surface area contributed by atoms with Gasteiger partial charge in [0.1, 0.15) is 23.1 Å². The van der Waals surface area contributed by atoms with Gasteiger partial charge in [0.2, 0.25) is 5.88 Å². The summed E-state index contributed by atoms with van der Waals surface area (Å²) >= 11 is 0. The standard InChI is InChI=1S/C22H31N5O5S/c1-5-31-13-14-32-18-9-8-16(20(25-18)27-12-10-15(2)22(27,3)4)21(28)26-33(29,30)17-7-6-11-24-19(17)23/h6-9,11,15H,5,10,12-14H2,1-4H3,(H2,23,24)(H,26,28). The number of rotatable bonds is 9. The van der Waals surface area contributed by atoms with Crippen molar-refractivity contribution in [3.05, 3.63) is 36.0 Å². The van der Waals surface area contributed by atoms with Gasteiger partial charge < -0.3 is 20.1 Å². The Hall–Kier alpha value is -2.92. The van der Waals surface area contributed by atoms with Gasteiger partial charge >= 0.3 is 0 Å². The molecule has 0 spiro atoms. The maximum absolute atomic E-state index is 13.1. The first-order valence-electron chi connectivity index (χ1n) is 10.8. The number of nitrogens with two attached hydrogens (primary N) is 1. The summed E-state index contributed by atoms with van der Waals surface area (Å²) in [5, 5.41) is 0. The van der Waals surface area contributed by atoms with E-state index in [0.717, 1.165) is 6.42 Å². The molecule has 0 radical (unpaired) electrons. The Balaban J connectivity index is 1.94. The predicted octanol–water partition coefficient (Wildman–Crippen LogP) is 2.22. The lowest BCUT2D eigenvalue weighted by molar-refractivity contribution is 0.0980. The first-order chi connectivity index (χ1) is 15.6. The molecule has 1 saturated heterocycles. The summed E-state index contributed by atoms with van der Waals surface area (Å²) in [6, 6.07) is 5.79. The number of anilines is 2. The van der Waals surface area contributed by atoms with Crippen LogP contribution in [-0.2, 0) is 14.8 Å². The molecule has 3 heterocycles. The van der Waals surface area contributed by atoms with E-state index >= 15 is 0 Å². The molecule has 1 fully saturated rings. The van der Waals surface area contributed by atoms with E-state index in [1.807, 2.05) is 11.8 Å². The molecule has 2 aromatic rings. The van der Waals surface area contributed by atoms with Crippen molar-refractivity contribution in [2.75, 3.05) is 37.0 Å². The number of hydrogen-bond donors (Lipinski definition) is 2. The van der Waals surface area contributed by atoms with Crippen LogP contribution in [0.2, 0.25) is 0 Å². The van der Waals surface area contributed by atoms with Crippen molar-refractivity contribution in [1.82, 2.24) is 14.7 Å². The van der Waals surface area contributed by atoms with Crippen molar-refractivity contribution in [2.24, 2.45) is 5.92 Å². The summed E-state index contributed by atoms with van der Waals surface area (Å²) in [5.74, 6) is 0.0402. The number of pyridine rings is 2. The molecule has 1 amide bonds. The van der Waals surface area contributed by atoms with Crippen LogP contribution in [-0.4, -0.2) is 56.2 Å². The highest BCUT2D eigenvalue weighted by molar-refractivity contribution is 7.90. The number of amides is 1. The maximum atomic E-state index is 13.1. The van der Waals surface area contributed by atoms with Gasteiger partial charge in [0.15, 0.2) is 0 Å². The van der Waals surface area contributed by atoms with E-state index < -0.39 is 15.9 Å². The van der Waals surface area contributed by atoms with E-state index in [4.69, 9.17) is 15.2 Å². The molecule has 0 bridgehead atoms. The van der Waals surface area contributed by atoms with Crippen LogP contribution in [0.4, 0.5) is 11.6 Å². The highest BCUT2D eigenvalue weighted by atomic mass is 32.2. The lowest BCUT2D eigenvalue weighted by Gasteiger charge is -2.36. The van der Waals surface area contributed by atoms with Crippen LogP contribution in [0.25, 0.3) is 0 Å². The summed E-state index contributed by atoms with van der Waals surface area (Å²) in [6.45, 7) is 10.1. The van der Waals surface area contributed by atoms with Crippen LogP contribution in [0.5, 0.6) is 5.88 Å². The van der Waals surface area contributed by atoms with E-state index in [1.54, 1.807) is 6.07 Å². The second-order valence-electron chi connectivity index (χ2n) is 8.38. The second kappa shape index (κ2) is 9.92. The fraction of sp³-hybridized carbons (Fsp3) is 0.500. The van der Waals surface area contributed by atoms with Gasteiger partial charge in [0.05, 0.1) is 12.2 Å². The van der Waals surface area contributed by atoms with Crippen molar-refractivity contribution < 1.29 is 22.7 Å². The fourth-order valence-corrected chi connectivity index (χ4v) is 4.76. The van der Waals surface area contributed by atoms with Gasteiger partial charge in [-0.05, 0) is 51.3 Å². The minimum absolute atomic E-state index is 0.125. The van der Waals surface area contributed by atoms with E-state index in [0.29, 0.717) is 44.0 Å². The Bertz CT molecular complexity index is 1110. The molecule has 2 aromatic heterocycles. The quantitative estimate of drug-likeness (QED) is 0.521. The van der Waals surface area contributed by atoms with Crippen molar-refractivity contribution >= 4 is 27.6 Å². The average molecular weight is 478 g/mol. The molecule has 1 aliphatic heterocycles. The Morgan fingerprint density at radius 3 is 2.70 bits per heavy atom. The van der Waals surface area contributed by atoms with Gasteiger partial charge in [-0.2, -0.15) is 4.98 Å². The number of nitrogens with zero attached hydrogens (tertiary/aromatic N) is 3. The number of hydrogen-bond acceptors (Lipinski definition) is 9. The lowest BCUT2D eigenvalue weighted by atomic mass is 9.90. The topological polar surface area (TPSA) is 137 Å². The van der Waals surface area contributed by atoms with Crippen molar-refractivity contribution in [2.45, 2.75) is 44.6 Å². The van der Waals surface area contributed by atoms with Crippen LogP contribution >= 0.6 is 0 Å². The number of aromatic nitrogens is 2. The molecule has 180 valence electrons. The zero-order valence-electron chi connectivity index (χ0n) is 19.4. The van der Waals surface area contributed by atoms with E-state index in [9.17, 15) is 13.2 Å². The zero-order chi connectivity index (χ0) is 24.2. The third-order valence-electron chi connectivity index (χ3n) is 6.04. The van der Waals surface area contributed by atoms with Gasteiger partial charge in [-0.15, -0.1) is 0 Å². The van der Waals surface area contributed by atoms with E-state index in [-0.39, 0.29) is 21.8 Å². The maximum Gasteiger partial charge on any atom is 0.268 e. The summed E-state index contributed by atoms with van der Waals surface area (Å²) < 4.78 is 38.7. The van der Waals surface area contributed by atoms with Crippen LogP contribution < -0.4 is 20.1 Å². The molecule has 1 unspecified atom stereocenters. The normalized spacial score (nSPS) is 17.7. The van der Waals surface area contributed by atoms with E-state index in [1.165, 1.54) is 24.4 Å². The van der Waals surface area contributed by atoms with Crippen molar-refractivity contribution in [3.63, 3.8) is 0 Å². The summed E-state index contributed by atoms with van der Waals surface area (Å²) in [5.41, 5.74) is 5.53. The molecule has 1 atom stereocenters. The Morgan fingerprint density at radius 1 is 1.30 bits per heavy atom. The summed E-state index contributed by atoms with van der Waals surface area (Å²) in [6.07, 6.45) is 2.29. The predicted molar refractivity (Wildman–Crippen MR) is 125 cm³/mol. The Labute approximate surface area is 194 Å². The Morgan fingerprint density at radius 2 is 2.06 bits per heavy atom. The first-order valence-corrected chi connectivity index (χ1v) is 12.3. The molecule has 10 nitrogen and oxygen atoms in total. The number of ether oxygens (including phenoxy) is 2. The molecule has 3 N–H and O–H groups in total. The molecule has 11 heteroatoms. The zero-order valence-corrected chi connectivity index (χ0v) is 20.2. The Kier molecular flexibility index (Phi) is 7.43. The number of nitrogens with one attached hydrogen (secondary N) is 1. The third kappa shape index (κ3) is 5.36. The van der Waals surface area contributed by atoms with Gasteiger partial charge in [-0.25, -0.2) is 18.1 Å². The molecule has 0 aliphatic carbocycles. The number of nitrogen functional groups attached to an aromatic ring is 1. The molecule has 0 saturated carbocycles. The molecule has 1 aliphatic rings. The average Bonchev–Trinajstić information content (AvgIpc) is 3.03. The SMILES string of the molecule is CCOCCOc1ccc(C(=O)NS(=O)(=O)c2cccnc2N)c(N2CCC(C)C2(C)C)n1. The number of sulfonamides is 1. The van der Waals surface area contributed by atoms with Crippen LogP contribution in [0.3, 0.4) is 0 Å².